The minimum atomic E-state index is -2.16. The SMILES string of the molecule is CN(C)C(/C=C/c1ccccc1)c1c(F)c(F)c(F)c(F)c1F. The summed E-state index contributed by atoms with van der Waals surface area (Å²) in [5, 5.41) is 0. The molecule has 2 aromatic carbocycles. The standard InChI is InChI=1S/C17H14F5N/c1-23(2)11(9-8-10-6-4-3-5-7-10)12-13(18)15(20)17(22)16(21)14(12)19/h3-9,11H,1-2H3/b9-8+. The maximum Gasteiger partial charge on any atom is 0.200 e. The first-order valence-electron chi connectivity index (χ1n) is 6.75. The van der Waals surface area contributed by atoms with E-state index in [0.717, 1.165) is 5.56 Å². The molecule has 0 bridgehead atoms. The van der Waals surface area contributed by atoms with Crippen LogP contribution in [0.1, 0.15) is 17.2 Å². The zero-order chi connectivity index (χ0) is 17.1. The lowest BCUT2D eigenvalue weighted by Crippen LogP contribution is -2.22. The van der Waals surface area contributed by atoms with Crippen LogP contribution in [0.2, 0.25) is 0 Å². The number of nitrogens with zero attached hydrogens (tertiary/aromatic N) is 1. The van der Waals surface area contributed by atoms with Crippen molar-refractivity contribution in [2.75, 3.05) is 14.1 Å². The molecule has 1 unspecified atom stereocenters. The minimum Gasteiger partial charge on any atom is -0.299 e. The quantitative estimate of drug-likeness (QED) is 0.447. The molecule has 0 aliphatic carbocycles. The van der Waals surface area contributed by atoms with E-state index < -0.39 is 40.7 Å². The van der Waals surface area contributed by atoms with Gasteiger partial charge in [0.1, 0.15) is 0 Å². The summed E-state index contributed by atoms with van der Waals surface area (Å²) < 4.78 is 67.8. The molecule has 23 heavy (non-hydrogen) atoms. The lowest BCUT2D eigenvalue weighted by Gasteiger charge is -2.23. The Morgan fingerprint density at radius 1 is 0.783 bits per heavy atom. The summed E-state index contributed by atoms with van der Waals surface area (Å²) >= 11 is 0. The highest BCUT2D eigenvalue weighted by molar-refractivity contribution is 5.50. The van der Waals surface area contributed by atoms with Gasteiger partial charge in [0, 0.05) is 0 Å². The highest BCUT2D eigenvalue weighted by Crippen LogP contribution is 2.31. The van der Waals surface area contributed by atoms with Gasteiger partial charge in [-0.15, -0.1) is 0 Å². The van der Waals surface area contributed by atoms with Crippen LogP contribution in [-0.2, 0) is 0 Å². The highest BCUT2D eigenvalue weighted by atomic mass is 19.2. The molecule has 2 aromatic rings. The molecule has 0 saturated heterocycles. The summed E-state index contributed by atoms with van der Waals surface area (Å²) in [5.41, 5.74) is -0.137. The maximum atomic E-state index is 14.0. The van der Waals surface area contributed by atoms with Crippen LogP contribution >= 0.6 is 0 Å². The average molecular weight is 327 g/mol. The van der Waals surface area contributed by atoms with Gasteiger partial charge in [-0.25, -0.2) is 22.0 Å². The third-order valence-corrected chi connectivity index (χ3v) is 3.37. The van der Waals surface area contributed by atoms with E-state index in [4.69, 9.17) is 0 Å². The van der Waals surface area contributed by atoms with Crippen molar-refractivity contribution in [2.24, 2.45) is 0 Å². The molecular weight excluding hydrogens is 313 g/mol. The van der Waals surface area contributed by atoms with E-state index in [-0.39, 0.29) is 0 Å². The van der Waals surface area contributed by atoms with Crippen LogP contribution in [0.4, 0.5) is 22.0 Å². The minimum absolute atomic E-state index is 0.739. The molecule has 0 aliphatic rings. The lowest BCUT2D eigenvalue weighted by molar-refractivity contribution is 0.309. The molecule has 0 heterocycles. The number of hydrogen-bond donors (Lipinski definition) is 0. The zero-order valence-electron chi connectivity index (χ0n) is 12.5. The van der Waals surface area contributed by atoms with E-state index in [9.17, 15) is 22.0 Å². The summed E-state index contributed by atoms with van der Waals surface area (Å²) in [5.74, 6) is -9.69. The average Bonchev–Trinajstić information content (AvgIpc) is 2.54. The number of likely N-dealkylation sites (N-methyl/N-ethyl adjacent to an activating group) is 1. The molecule has 1 atom stereocenters. The van der Waals surface area contributed by atoms with Gasteiger partial charge in [-0.05, 0) is 19.7 Å². The monoisotopic (exact) mass is 327 g/mol. The summed E-state index contributed by atoms with van der Waals surface area (Å²) in [7, 11) is 2.97. The fourth-order valence-electron chi connectivity index (χ4n) is 2.17. The molecule has 0 aromatic heterocycles. The molecule has 122 valence electrons. The molecule has 0 amide bonds. The van der Waals surface area contributed by atoms with Crippen molar-refractivity contribution in [3.63, 3.8) is 0 Å². The Balaban J connectivity index is 2.53. The summed E-state index contributed by atoms with van der Waals surface area (Å²) in [4.78, 5) is 1.36. The molecule has 0 aliphatic heterocycles. The first-order chi connectivity index (χ1) is 10.8. The zero-order valence-corrected chi connectivity index (χ0v) is 12.5. The fourth-order valence-corrected chi connectivity index (χ4v) is 2.17. The third-order valence-electron chi connectivity index (χ3n) is 3.37. The first-order valence-corrected chi connectivity index (χ1v) is 6.75. The predicted molar refractivity (Wildman–Crippen MR) is 78.1 cm³/mol. The summed E-state index contributed by atoms with van der Waals surface area (Å²) in [6.45, 7) is 0. The Morgan fingerprint density at radius 2 is 1.26 bits per heavy atom. The topological polar surface area (TPSA) is 3.24 Å². The number of halogens is 5. The molecule has 2 rings (SSSR count). The van der Waals surface area contributed by atoms with Crippen LogP contribution in [0.25, 0.3) is 6.08 Å². The first kappa shape index (κ1) is 17.1. The second-order valence-electron chi connectivity index (χ2n) is 5.16. The van der Waals surface area contributed by atoms with Crippen LogP contribution in [-0.4, -0.2) is 19.0 Å². The van der Waals surface area contributed by atoms with Crippen LogP contribution in [0.15, 0.2) is 36.4 Å². The number of rotatable bonds is 4. The van der Waals surface area contributed by atoms with E-state index in [1.807, 2.05) is 0 Å². The van der Waals surface area contributed by atoms with Gasteiger partial charge in [-0.3, -0.25) is 4.90 Å². The Hall–Kier alpha value is -2.21. The fraction of sp³-hybridized carbons (Fsp3) is 0.176. The van der Waals surface area contributed by atoms with Crippen LogP contribution in [0, 0.1) is 29.1 Å². The largest absolute Gasteiger partial charge is 0.299 e. The van der Waals surface area contributed by atoms with Crippen molar-refractivity contribution in [1.82, 2.24) is 4.90 Å². The molecule has 0 fully saturated rings. The van der Waals surface area contributed by atoms with Gasteiger partial charge in [0.05, 0.1) is 11.6 Å². The van der Waals surface area contributed by atoms with E-state index in [0.29, 0.717) is 0 Å². The van der Waals surface area contributed by atoms with Crippen molar-refractivity contribution in [1.29, 1.82) is 0 Å². The van der Waals surface area contributed by atoms with Gasteiger partial charge >= 0.3 is 0 Å². The van der Waals surface area contributed by atoms with Gasteiger partial charge in [0.2, 0.25) is 5.82 Å². The molecule has 6 heteroatoms. The third kappa shape index (κ3) is 3.42. The van der Waals surface area contributed by atoms with E-state index in [1.165, 1.54) is 25.1 Å². The molecule has 1 nitrogen and oxygen atoms in total. The maximum absolute atomic E-state index is 14.0. The van der Waals surface area contributed by atoms with E-state index >= 15 is 0 Å². The molecule has 0 radical (unpaired) electrons. The number of hydrogen-bond acceptors (Lipinski definition) is 1. The van der Waals surface area contributed by atoms with Crippen molar-refractivity contribution < 1.29 is 22.0 Å². The van der Waals surface area contributed by atoms with Gasteiger partial charge in [-0.2, -0.15) is 0 Å². The van der Waals surface area contributed by atoms with Crippen molar-refractivity contribution >= 4 is 6.08 Å². The highest BCUT2D eigenvalue weighted by Gasteiger charge is 2.30. The smallest absolute Gasteiger partial charge is 0.200 e. The Labute approximate surface area is 130 Å². The summed E-state index contributed by atoms with van der Waals surface area (Å²) in [6.07, 6.45) is 2.94. The van der Waals surface area contributed by atoms with Crippen molar-refractivity contribution in [2.45, 2.75) is 6.04 Å². The predicted octanol–water partition coefficient (Wildman–Crippen LogP) is 4.70. The van der Waals surface area contributed by atoms with Gasteiger partial charge in [0.25, 0.3) is 0 Å². The van der Waals surface area contributed by atoms with Gasteiger partial charge < -0.3 is 0 Å². The van der Waals surface area contributed by atoms with Gasteiger partial charge in [-0.1, -0.05) is 42.5 Å². The Morgan fingerprint density at radius 3 is 1.74 bits per heavy atom. The normalized spacial score (nSPS) is 13.0. The molecule has 0 saturated carbocycles. The van der Waals surface area contributed by atoms with E-state index in [1.54, 1.807) is 36.4 Å². The lowest BCUT2D eigenvalue weighted by atomic mass is 10.0. The number of benzene rings is 2. The van der Waals surface area contributed by atoms with Crippen molar-refractivity contribution in [3.8, 4) is 0 Å². The van der Waals surface area contributed by atoms with Crippen molar-refractivity contribution in [3.05, 3.63) is 76.6 Å². The summed E-state index contributed by atoms with van der Waals surface area (Å²) in [6, 6.07) is 7.72. The van der Waals surface area contributed by atoms with Gasteiger partial charge in [0.15, 0.2) is 23.3 Å². The van der Waals surface area contributed by atoms with E-state index in [2.05, 4.69) is 0 Å². The Kier molecular flexibility index (Phi) is 5.15. The molecule has 0 spiro atoms. The Bertz CT molecular complexity index is 697. The molecular formula is C17H14F5N. The second-order valence-corrected chi connectivity index (χ2v) is 5.16. The van der Waals surface area contributed by atoms with Crippen LogP contribution in [0.5, 0.6) is 0 Å². The second kappa shape index (κ2) is 6.91. The van der Waals surface area contributed by atoms with Crippen LogP contribution < -0.4 is 0 Å². The van der Waals surface area contributed by atoms with Crippen LogP contribution in [0.3, 0.4) is 0 Å². The molecule has 0 N–H and O–H groups in total.